The van der Waals surface area contributed by atoms with Gasteiger partial charge in [0.1, 0.15) is 6.67 Å². The van der Waals surface area contributed by atoms with Crippen molar-refractivity contribution in [2.75, 3.05) is 7.11 Å². The highest BCUT2D eigenvalue weighted by Gasteiger charge is 2.20. The summed E-state index contributed by atoms with van der Waals surface area (Å²) >= 11 is 2.95. The minimum atomic E-state index is -4.00. The van der Waals surface area contributed by atoms with Crippen LogP contribution < -0.4 is 5.14 Å². The molecular weight excluding hydrogens is 317 g/mol. The Morgan fingerprint density at radius 1 is 1.53 bits per heavy atom. The van der Waals surface area contributed by atoms with Crippen LogP contribution in [0.25, 0.3) is 0 Å². The van der Waals surface area contributed by atoms with Crippen LogP contribution >= 0.6 is 15.9 Å². The molecular formula is C9H9BrFNO4S. The van der Waals surface area contributed by atoms with E-state index < -0.39 is 22.7 Å². The van der Waals surface area contributed by atoms with E-state index in [1.165, 1.54) is 6.07 Å². The fourth-order valence-corrected chi connectivity index (χ4v) is 2.90. The van der Waals surface area contributed by atoms with E-state index in [9.17, 15) is 17.6 Å². The van der Waals surface area contributed by atoms with Gasteiger partial charge < -0.3 is 4.74 Å². The number of methoxy groups -OCH3 is 1. The molecule has 0 heterocycles. The van der Waals surface area contributed by atoms with Crippen LogP contribution in [-0.2, 0) is 21.4 Å². The van der Waals surface area contributed by atoms with Gasteiger partial charge in [-0.3, -0.25) is 0 Å². The molecule has 5 nitrogen and oxygen atoms in total. The normalized spacial score (nSPS) is 11.3. The number of hydrogen-bond donors (Lipinski definition) is 1. The third kappa shape index (κ3) is 3.02. The summed E-state index contributed by atoms with van der Waals surface area (Å²) < 4.78 is 39.6. The van der Waals surface area contributed by atoms with Crippen LogP contribution in [0.15, 0.2) is 21.5 Å². The summed E-state index contributed by atoms with van der Waals surface area (Å²) in [6.45, 7) is -0.923. The van der Waals surface area contributed by atoms with Crippen molar-refractivity contribution in [3.63, 3.8) is 0 Å². The predicted molar refractivity (Wildman–Crippen MR) is 61.7 cm³/mol. The molecule has 1 aromatic rings. The Labute approximate surface area is 106 Å². The standard InChI is InChI=1S/C9H9BrFNO4S/c1-16-9(13)6-3-8(17(12,14)15)7(10)2-5(6)4-11/h2-3H,4H2,1H3,(H2,12,14,15). The van der Waals surface area contributed by atoms with E-state index in [1.807, 2.05) is 0 Å². The number of benzene rings is 1. The molecule has 0 aliphatic heterocycles. The second-order valence-electron chi connectivity index (χ2n) is 3.11. The average Bonchev–Trinajstić information content (AvgIpc) is 2.25. The van der Waals surface area contributed by atoms with Crippen LogP contribution in [0.1, 0.15) is 15.9 Å². The molecule has 0 fully saturated rings. The zero-order chi connectivity index (χ0) is 13.2. The number of primary sulfonamides is 1. The van der Waals surface area contributed by atoms with Gasteiger partial charge in [-0.05, 0) is 33.6 Å². The highest BCUT2D eigenvalue weighted by Crippen LogP contribution is 2.26. The van der Waals surface area contributed by atoms with Crippen molar-refractivity contribution < 1.29 is 22.3 Å². The molecule has 0 aliphatic carbocycles. The SMILES string of the molecule is COC(=O)c1cc(S(N)(=O)=O)c(Br)cc1CF. The largest absolute Gasteiger partial charge is 0.465 e. The van der Waals surface area contributed by atoms with Gasteiger partial charge in [0, 0.05) is 4.47 Å². The molecule has 0 spiro atoms. The quantitative estimate of drug-likeness (QED) is 0.850. The molecule has 17 heavy (non-hydrogen) atoms. The Morgan fingerprint density at radius 2 is 2.12 bits per heavy atom. The molecule has 0 aromatic heterocycles. The number of rotatable bonds is 3. The van der Waals surface area contributed by atoms with Crippen molar-refractivity contribution in [3.8, 4) is 0 Å². The minimum Gasteiger partial charge on any atom is -0.465 e. The van der Waals surface area contributed by atoms with Crippen molar-refractivity contribution >= 4 is 31.9 Å². The van der Waals surface area contributed by atoms with E-state index in [-0.39, 0.29) is 20.5 Å². The fourth-order valence-electron chi connectivity index (χ4n) is 1.22. The molecule has 0 atom stereocenters. The van der Waals surface area contributed by atoms with Crippen molar-refractivity contribution in [2.24, 2.45) is 5.14 Å². The highest BCUT2D eigenvalue weighted by molar-refractivity contribution is 9.10. The Morgan fingerprint density at radius 3 is 2.53 bits per heavy atom. The molecule has 0 saturated heterocycles. The van der Waals surface area contributed by atoms with Gasteiger partial charge in [0.25, 0.3) is 0 Å². The molecule has 0 radical (unpaired) electrons. The van der Waals surface area contributed by atoms with Crippen LogP contribution in [0.5, 0.6) is 0 Å². The van der Waals surface area contributed by atoms with Gasteiger partial charge in [0.05, 0.1) is 17.6 Å². The number of sulfonamides is 1. The average molecular weight is 326 g/mol. The third-order valence-electron chi connectivity index (χ3n) is 2.01. The third-order valence-corrected chi connectivity index (χ3v) is 3.88. The van der Waals surface area contributed by atoms with Gasteiger partial charge >= 0.3 is 5.97 Å². The van der Waals surface area contributed by atoms with Gasteiger partial charge in [0.15, 0.2) is 0 Å². The number of halogens is 2. The van der Waals surface area contributed by atoms with Crippen LogP contribution in [0.4, 0.5) is 4.39 Å². The molecule has 8 heteroatoms. The summed E-state index contributed by atoms with van der Waals surface area (Å²) in [5.74, 6) is -0.824. The lowest BCUT2D eigenvalue weighted by molar-refractivity contribution is 0.0598. The summed E-state index contributed by atoms with van der Waals surface area (Å²) in [5.41, 5.74) is -0.140. The lowest BCUT2D eigenvalue weighted by atomic mass is 10.1. The van der Waals surface area contributed by atoms with Crippen molar-refractivity contribution in [3.05, 3.63) is 27.7 Å². The molecule has 0 bridgehead atoms. The maximum atomic E-state index is 12.7. The van der Waals surface area contributed by atoms with Crippen LogP contribution in [-0.4, -0.2) is 21.5 Å². The Balaban J connectivity index is 3.54. The van der Waals surface area contributed by atoms with Crippen molar-refractivity contribution in [2.45, 2.75) is 11.6 Å². The van der Waals surface area contributed by atoms with Crippen molar-refractivity contribution in [1.29, 1.82) is 0 Å². The molecule has 0 aliphatic rings. The number of carbonyl (C=O) groups excluding carboxylic acids is 1. The first-order valence-electron chi connectivity index (χ1n) is 4.30. The topological polar surface area (TPSA) is 86.5 Å². The second-order valence-corrected chi connectivity index (χ2v) is 5.49. The molecule has 1 aromatic carbocycles. The van der Waals surface area contributed by atoms with Gasteiger partial charge in [-0.1, -0.05) is 0 Å². The van der Waals surface area contributed by atoms with E-state index in [1.54, 1.807) is 0 Å². The number of ether oxygens (including phenoxy) is 1. The van der Waals surface area contributed by atoms with Gasteiger partial charge in [-0.25, -0.2) is 22.7 Å². The van der Waals surface area contributed by atoms with Gasteiger partial charge in [-0.2, -0.15) is 0 Å². The summed E-state index contributed by atoms with van der Waals surface area (Å²) in [4.78, 5) is 11.0. The Hall–Kier alpha value is -0.990. The number of alkyl halides is 1. The van der Waals surface area contributed by atoms with E-state index >= 15 is 0 Å². The first-order chi connectivity index (χ1) is 7.81. The monoisotopic (exact) mass is 325 g/mol. The lowest BCUT2D eigenvalue weighted by Crippen LogP contribution is -2.15. The van der Waals surface area contributed by atoms with Crippen molar-refractivity contribution in [1.82, 2.24) is 0 Å². The second kappa shape index (κ2) is 5.11. The Kier molecular flexibility index (Phi) is 4.23. The summed E-state index contributed by atoms with van der Waals surface area (Å²) in [6, 6.07) is 2.17. The van der Waals surface area contributed by atoms with E-state index in [0.717, 1.165) is 13.2 Å². The number of hydrogen-bond acceptors (Lipinski definition) is 4. The minimum absolute atomic E-state index is 0.0242. The Bertz CT molecular complexity index is 558. The number of carbonyl (C=O) groups is 1. The smallest absolute Gasteiger partial charge is 0.338 e. The van der Waals surface area contributed by atoms with Crippen LogP contribution in [0.3, 0.4) is 0 Å². The zero-order valence-electron chi connectivity index (χ0n) is 8.74. The van der Waals surface area contributed by atoms with E-state index in [2.05, 4.69) is 20.7 Å². The predicted octanol–water partition coefficient (Wildman–Crippen LogP) is 1.35. The zero-order valence-corrected chi connectivity index (χ0v) is 11.1. The maximum Gasteiger partial charge on any atom is 0.338 e. The molecule has 0 saturated carbocycles. The highest BCUT2D eigenvalue weighted by atomic mass is 79.9. The molecule has 0 amide bonds. The van der Waals surface area contributed by atoms with Crippen LogP contribution in [0, 0.1) is 0 Å². The summed E-state index contributed by atoms with van der Waals surface area (Å²) in [6.07, 6.45) is 0. The molecule has 1 rings (SSSR count). The first kappa shape index (κ1) is 14.1. The maximum absolute atomic E-state index is 12.7. The van der Waals surface area contributed by atoms with Gasteiger partial charge in [0.2, 0.25) is 10.0 Å². The van der Waals surface area contributed by atoms with E-state index in [4.69, 9.17) is 5.14 Å². The molecule has 94 valence electrons. The summed E-state index contributed by atoms with van der Waals surface area (Å²) in [7, 11) is -2.89. The first-order valence-corrected chi connectivity index (χ1v) is 6.64. The van der Waals surface area contributed by atoms with E-state index in [0.29, 0.717) is 0 Å². The lowest BCUT2D eigenvalue weighted by Gasteiger charge is -2.09. The van der Waals surface area contributed by atoms with Gasteiger partial charge in [-0.15, -0.1) is 0 Å². The fraction of sp³-hybridized carbons (Fsp3) is 0.222. The number of esters is 1. The molecule has 2 N–H and O–H groups in total. The molecule has 0 unspecified atom stereocenters. The summed E-state index contributed by atoms with van der Waals surface area (Å²) in [5, 5.41) is 4.96. The number of nitrogens with two attached hydrogens (primary N) is 1. The van der Waals surface area contributed by atoms with Crippen LogP contribution in [0.2, 0.25) is 0 Å².